The number of nitrogens with one attached hydrogen (secondary N) is 1. The third-order valence-corrected chi connectivity index (χ3v) is 10.1. The van der Waals surface area contributed by atoms with Gasteiger partial charge in [0.15, 0.2) is 0 Å². The largest absolute Gasteiger partial charge is 0.366 e. The average molecular weight is 459 g/mol. The standard InChI is InChI=1S/C28H34N4O2/c1-27-13-11-21-19(7-10-23-28(21,2)14-12-24-30-15-16-32(23)24)20(27)8-9-22(27)26(34)31-18-5-3-17(4-6-18)25(29)33/h3-6,12,14-16,19-23H,7-11,13H2,1-2H3,(H2,29,33)(H,31,34)/t19-,20-,21-,22+,23?,27-,28+/m0/s1. The monoisotopic (exact) mass is 458 g/mol. The van der Waals surface area contributed by atoms with Crippen LogP contribution in [0, 0.1) is 34.5 Å². The molecule has 2 amide bonds. The van der Waals surface area contributed by atoms with Crippen molar-refractivity contribution in [3.05, 3.63) is 54.1 Å². The quantitative estimate of drug-likeness (QED) is 0.675. The Labute approximate surface area is 201 Å². The van der Waals surface area contributed by atoms with Gasteiger partial charge in [-0.15, -0.1) is 0 Å². The number of primary amides is 1. The minimum atomic E-state index is -0.457. The van der Waals surface area contributed by atoms with Crippen LogP contribution in [0.5, 0.6) is 0 Å². The normalized spacial score (nSPS) is 37.8. The van der Waals surface area contributed by atoms with Crippen LogP contribution in [-0.4, -0.2) is 21.4 Å². The predicted molar refractivity (Wildman–Crippen MR) is 132 cm³/mol. The summed E-state index contributed by atoms with van der Waals surface area (Å²) in [6.45, 7) is 4.84. The summed E-state index contributed by atoms with van der Waals surface area (Å²) in [6.07, 6.45) is 15.5. The number of hydrogen-bond donors (Lipinski definition) is 2. The van der Waals surface area contributed by atoms with E-state index in [1.165, 1.54) is 19.3 Å². The van der Waals surface area contributed by atoms with Gasteiger partial charge in [-0.3, -0.25) is 9.59 Å². The molecule has 6 rings (SSSR count). The molecule has 1 aromatic carbocycles. The summed E-state index contributed by atoms with van der Waals surface area (Å²) >= 11 is 0. The van der Waals surface area contributed by atoms with Crippen molar-refractivity contribution in [2.75, 3.05) is 5.32 Å². The molecule has 3 saturated carbocycles. The second kappa shape index (κ2) is 7.56. The molecule has 34 heavy (non-hydrogen) atoms. The van der Waals surface area contributed by atoms with Crippen molar-refractivity contribution in [2.45, 2.75) is 58.4 Å². The number of nitrogens with two attached hydrogens (primary N) is 1. The molecule has 0 spiro atoms. The fourth-order valence-electron chi connectivity index (χ4n) is 8.39. The number of carbonyl (C=O) groups excluding carboxylic acids is 2. The molecule has 2 heterocycles. The Morgan fingerprint density at radius 1 is 1.06 bits per heavy atom. The van der Waals surface area contributed by atoms with Crippen molar-refractivity contribution in [2.24, 2.45) is 40.2 Å². The van der Waals surface area contributed by atoms with Crippen molar-refractivity contribution in [1.82, 2.24) is 9.55 Å². The van der Waals surface area contributed by atoms with Crippen LogP contribution in [0.4, 0.5) is 5.69 Å². The number of nitrogens with zero attached hydrogens (tertiary/aromatic N) is 2. The van der Waals surface area contributed by atoms with Gasteiger partial charge in [-0.1, -0.05) is 19.9 Å². The van der Waals surface area contributed by atoms with Crippen LogP contribution in [0.1, 0.15) is 74.6 Å². The van der Waals surface area contributed by atoms with Gasteiger partial charge in [0.05, 0.1) is 0 Å². The van der Waals surface area contributed by atoms with Gasteiger partial charge in [0, 0.05) is 41.0 Å². The molecule has 6 heteroatoms. The Bertz CT molecular complexity index is 1170. The van der Waals surface area contributed by atoms with Gasteiger partial charge >= 0.3 is 0 Å². The molecule has 1 aromatic heterocycles. The van der Waals surface area contributed by atoms with Crippen molar-refractivity contribution < 1.29 is 9.59 Å². The first-order chi connectivity index (χ1) is 16.3. The van der Waals surface area contributed by atoms with Crippen LogP contribution in [-0.2, 0) is 4.79 Å². The first-order valence-electron chi connectivity index (χ1n) is 12.7. The maximum Gasteiger partial charge on any atom is 0.248 e. The molecular formula is C28H34N4O2. The van der Waals surface area contributed by atoms with E-state index in [1.807, 2.05) is 6.20 Å². The molecule has 3 aliphatic carbocycles. The van der Waals surface area contributed by atoms with Gasteiger partial charge in [-0.05, 0) is 92.0 Å². The zero-order valence-corrected chi connectivity index (χ0v) is 20.0. The molecule has 1 aliphatic heterocycles. The molecule has 0 bridgehead atoms. The summed E-state index contributed by atoms with van der Waals surface area (Å²) in [5.74, 6) is 2.69. The third-order valence-electron chi connectivity index (χ3n) is 10.1. The Hall–Kier alpha value is -2.89. The Morgan fingerprint density at radius 2 is 1.85 bits per heavy atom. The van der Waals surface area contributed by atoms with Crippen molar-refractivity contribution in [3.8, 4) is 0 Å². The first-order valence-corrected chi connectivity index (χ1v) is 12.7. The SMILES string of the molecule is C[C@]12CC[C@H]3[C@@H](CCC4n5ccnc5C=C[C@@]43C)[C@@H]1CC[C@@H]2C(=O)Nc1ccc(C(N)=O)cc1. The molecule has 1 unspecified atom stereocenters. The number of rotatable bonds is 3. The predicted octanol–water partition coefficient (Wildman–Crippen LogP) is 5.05. The van der Waals surface area contributed by atoms with Crippen molar-refractivity contribution >= 4 is 23.6 Å². The summed E-state index contributed by atoms with van der Waals surface area (Å²) in [5.41, 5.74) is 6.72. The number of anilines is 1. The number of amides is 2. The maximum atomic E-state index is 13.4. The summed E-state index contributed by atoms with van der Waals surface area (Å²) in [5, 5.41) is 3.13. The zero-order chi connectivity index (χ0) is 23.7. The van der Waals surface area contributed by atoms with Crippen LogP contribution in [0.2, 0.25) is 0 Å². The van der Waals surface area contributed by atoms with Gasteiger partial charge in [0.2, 0.25) is 11.8 Å². The zero-order valence-electron chi connectivity index (χ0n) is 20.0. The van der Waals surface area contributed by atoms with Gasteiger partial charge in [0.1, 0.15) is 5.82 Å². The van der Waals surface area contributed by atoms with Crippen LogP contribution < -0.4 is 11.1 Å². The number of carbonyl (C=O) groups is 2. The van der Waals surface area contributed by atoms with E-state index in [9.17, 15) is 9.59 Å². The van der Waals surface area contributed by atoms with E-state index >= 15 is 0 Å². The van der Waals surface area contributed by atoms with E-state index in [1.54, 1.807) is 24.3 Å². The number of aromatic nitrogens is 2. The molecule has 3 N–H and O–H groups in total. The van der Waals surface area contributed by atoms with Crippen molar-refractivity contribution in [1.29, 1.82) is 0 Å². The molecule has 3 fully saturated rings. The maximum absolute atomic E-state index is 13.4. The fourth-order valence-corrected chi connectivity index (χ4v) is 8.39. The molecule has 4 aliphatic rings. The highest BCUT2D eigenvalue weighted by Crippen LogP contribution is 2.67. The lowest BCUT2D eigenvalue weighted by atomic mass is 9.48. The lowest BCUT2D eigenvalue weighted by Crippen LogP contribution is -2.53. The summed E-state index contributed by atoms with van der Waals surface area (Å²) in [7, 11) is 0. The average Bonchev–Trinajstić information content (AvgIpc) is 3.43. The topological polar surface area (TPSA) is 90.0 Å². The highest BCUT2D eigenvalue weighted by Gasteiger charge is 2.61. The van der Waals surface area contributed by atoms with E-state index < -0.39 is 5.91 Å². The van der Waals surface area contributed by atoms with Crippen LogP contribution in [0.15, 0.2) is 42.7 Å². The van der Waals surface area contributed by atoms with E-state index in [0.29, 0.717) is 29.4 Å². The number of allylic oxidation sites excluding steroid dienone is 1. The third kappa shape index (κ3) is 3.03. The summed E-state index contributed by atoms with van der Waals surface area (Å²) in [6, 6.07) is 7.37. The number of imidazole rings is 1. The minimum absolute atomic E-state index is 0.0296. The fraction of sp³-hybridized carbons (Fsp3) is 0.536. The lowest BCUT2D eigenvalue weighted by Gasteiger charge is -2.59. The van der Waals surface area contributed by atoms with Gasteiger partial charge < -0.3 is 15.6 Å². The van der Waals surface area contributed by atoms with Gasteiger partial charge in [-0.25, -0.2) is 4.98 Å². The Morgan fingerprint density at radius 3 is 2.62 bits per heavy atom. The number of fused-ring (bicyclic) bond motifs is 7. The van der Waals surface area contributed by atoms with E-state index in [0.717, 1.165) is 30.8 Å². The highest BCUT2D eigenvalue weighted by molar-refractivity contribution is 5.95. The Balaban J connectivity index is 1.21. The molecule has 6 nitrogen and oxygen atoms in total. The molecule has 178 valence electrons. The molecule has 0 saturated heterocycles. The van der Waals surface area contributed by atoms with E-state index in [2.05, 4.69) is 47.1 Å². The first kappa shape index (κ1) is 21.6. The smallest absolute Gasteiger partial charge is 0.248 e. The second-order valence-corrected chi connectivity index (χ2v) is 11.5. The minimum Gasteiger partial charge on any atom is -0.366 e. The molecule has 0 radical (unpaired) electrons. The van der Waals surface area contributed by atoms with Crippen LogP contribution in [0.3, 0.4) is 0 Å². The second-order valence-electron chi connectivity index (χ2n) is 11.5. The number of hydrogen-bond acceptors (Lipinski definition) is 3. The summed E-state index contributed by atoms with van der Waals surface area (Å²) in [4.78, 5) is 29.3. The van der Waals surface area contributed by atoms with Crippen LogP contribution >= 0.6 is 0 Å². The summed E-state index contributed by atoms with van der Waals surface area (Å²) < 4.78 is 2.40. The van der Waals surface area contributed by atoms with Crippen molar-refractivity contribution in [3.63, 3.8) is 0 Å². The highest BCUT2D eigenvalue weighted by atomic mass is 16.2. The number of benzene rings is 1. The Kier molecular flexibility index (Phi) is 4.81. The van der Waals surface area contributed by atoms with Gasteiger partial charge in [0.25, 0.3) is 0 Å². The van der Waals surface area contributed by atoms with E-state index in [4.69, 9.17) is 5.73 Å². The van der Waals surface area contributed by atoms with Gasteiger partial charge in [-0.2, -0.15) is 0 Å². The lowest BCUT2D eigenvalue weighted by molar-refractivity contribution is -0.127. The molecule has 2 aromatic rings. The molecular weight excluding hydrogens is 424 g/mol. The van der Waals surface area contributed by atoms with Crippen LogP contribution in [0.25, 0.3) is 6.08 Å². The van der Waals surface area contributed by atoms with E-state index in [-0.39, 0.29) is 22.7 Å². The molecule has 7 atom stereocenters.